The fraction of sp³-hybridized carbons (Fsp3) is 0.429. The van der Waals surface area contributed by atoms with Gasteiger partial charge in [0.2, 0.25) is 10.0 Å². The van der Waals surface area contributed by atoms with Crippen molar-refractivity contribution in [2.24, 2.45) is 4.99 Å². The normalized spacial score (nSPS) is 17.7. The molecule has 0 amide bonds. The van der Waals surface area contributed by atoms with Crippen molar-refractivity contribution in [2.75, 3.05) is 39.5 Å². The van der Waals surface area contributed by atoms with Crippen molar-refractivity contribution in [3.63, 3.8) is 0 Å². The maximum absolute atomic E-state index is 12.7. The first-order valence-corrected chi connectivity index (χ1v) is 9.70. The van der Waals surface area contributed by atoms with Crippen LogP contribution in [0.4, 0.5) is 5.69 Å². The van der Waals surface area contributed by atoms with E-state index in [2.05, 4.69) is 15.2 Å². The number of thioether (sulfide) groups is 1. The Hall–Kier alpha value is -1.60. The van der Waals surface area contributed by atoms with Gasteiger partial charge in [0, 0.05) is 26.2 Å². The molecule has 1 aromatic carbocycles. The highest BCUT2D eigenvalue weighted by Gasteiger charge is 2.27. The largest absolute Gasteiger partial charge is 0.304 e. The molecule has 0 saturated carbocycles. The standard InChI is InChI=1S/C14H19N5O2S2/c1-18-6-8-19(9-7-18)23(20,21)13-5-3-4-12(10-13)17-14(22-2)16-11-15/h3-5,10H,6-9H2,1-2H3,(H,16,17). The molecule has 1 N–H and O–H groups in total. The number of piperazine rings is 1. The first kappa shape index (κ1) is 17.7. The molecule has 0 aliphatic carbocycles. The van der Waals surface area contributed by atoms with E-state index < -0.39 is 10.0 Å². The van der Waals surface area contributed by atoms with Crippen molar-refractivity contribution in [1.82, 2.24) is 14.5 Å². The summed E-state index contributed by atoms with van der Waals surface area (Å²) in [5.74, 6) is 0. The second kappa shape index (κ2) is 7.79. The minimum atomic E-state index is -3.52. The molecule has 0 aromatic heterocycles. The van der Waals surface area contributed by atoms with Crippen LogP contribution in [0.25, 0.3) is 0 Å². The zero-order chi connectivity index (χ0) is 16.9. The van der Waals surface area contributed by atoms with Gasteiger partial charge in [0.25, 0.3) is 0 Å². The number of rotatable bonds is 3. The van der Waals surface area contributed by atoms with Gasteiger partial charge in [-0.3, -0.25) is 5.32 Å². The monoisotopic (exact) mass is 353 g/mol. The third-order valence-electron chi connectivity index (χ3n) is 3.50. The number of sulfonamides is 1. The van der Waals surface area contributed by atoms with Crippen molar-refractivity contribution < 1.29 is 8.42 Å². The Bertz CT molecular complexity index is 719. The van der Waals surface area contributed by atoms with E-state index in [9.17, 15) is 8.42 Å². The van der Waals surface area contributed by atoms with Gasteiger partial charge >= 0.3 is 0 Å². The molecule has 124 valence electrons. The van der Waals surface area contributed by atoms with Crippen LogP contribution in [0.15, 0.2) is 34.2 Å². The van der Waals surface area contributed by atoms with Crippen LogP contribution in [0.5, 0.6) is 0 Å². The predicted molar refractivity (Wildman–Crippen MR) is 92.1 cm³/mol. The maximum atomic E-state index is 12.7. The van der Waals surface area contributed by atoms with E-state index in [-0.39, 0.29) is 4.90 Å². The number of amidine groups is 1. The minimum Gasteiger partial charge on any atom is -0.304 e. The van der Waals surface area contributed by atoms with Gasteiger partial charge in [-0.25, -0.2) is 13.4 Å². The number of benzene rings is 1. The third-order valence-corrected chi connectivity index (χ3v) is 5.98. The highest BCUT2D eigenvalue weighted by atomic mass is 32.2. The van der Waals surface area contributed by atoms with E-state index in [1.807, 2.05) is 7.05 Å². The lowest BCUT2D eigenvalue weighted by molar-refractivity contribution is 0.222. The van der Waals surface area contributed by atoms with Crippen LogP contribution >= 0.6 is 11.8 Å². The zero-order valence-corrected chi connectivity index (χ0v) is 14.7. The average molecular weight is 353 g/mol. The Kier molecular flexibility index (Phi) is 6.01. The molecule has 0 spiro atoms. The summed E-state index contributed by atoms with van der Waals surface area (Å²) in [6.45, 7) is 2.41. The molecule has 0 bridgehead atoms. The fourth-order valence-corrected chi connectivity index (χ4v) is 3.99. The molecule has 7 nitrogen and oxygen atoms in total. The number of nitriles is 1. The quantitative estimate of drug-likeness (QED) is 0.378. The van der Waals surface area contributed by atoms with Crippen LogP contribution in [-0.2, 0) is 10.0 Å². The summed E-state index contributed by atoms with van der Waals surface area (Å²) in [5.41, 5.74) is 0.493. The molecule has 1 aliphatic heterocycles. The lowest BCUT2D eigenvalue weighted by Crippen LogP contribution is -2.46. The van der Waals surface area contributed by atoms with Gasteiger partial charge in [0.1, 0.15) is 0 Å². The number of hydrogen-bond donors (Lipinski definition) is 1. The summed E-state index contributed by atoms with van der Waals surface area (Å²) < 4.78 is 26.9. The van der Waals surface area contributed by atoms with Crippen molar-refractivity contribution >= 4 is 32.6 Å². The number of nitrogens with one attached hydrogen (secondary N) is 1. The van der Waals surface area contributed by atoms with E-state index in [0.717, 1.165) is 13.1 Å². The van der Waals surface area contributed by atoms with E-state index >= 15 is 0 Å². The number of nitrogens with zero attached hydrogens (tertiary/aromatic N) is 4. The van der Waals surface area contributed by atoms with Gasteiger partial charge in [0.05, 0.1) is 10.6 Å². The summed E-state index contributed by atoms with van der Waals surface area (Å²) in [7, 11) is -1.54. The summed E-state index contributed by atoms with van der Waals surface area (Å²) in [5, 5.41) is 11.5. The summed E-state index contributed by atoms with van der Waals surface area (Å²) in [6.07, 6.45) is 3.59. The smallest absolute Gasteiger partial charge is 0.243 e. The summed E-state index contributed by atoms with van der Waals surface area (Å²) in [6, 6.07) is 6.47. The first-order valence-electron chi connectivity index (χ1n) is 7.04. The molecule has 1 aromatic rings. The van der Waals surface area contributed by atoms with Crippen LogP contribution in [0, 0.1) is 11.5 Å². The topological polar surface area (TPSA) is 88.8 Å². The second-order valence-corrected chi connectivity index (χ2v) is 7.80. The van der Waals surface area contributed by atoms with E-state index in [1.54, 1.807) is 30.6 Å². The Labute approximate surface area is 141 Å². The van der Waals surface area contributed by atoms with Crippen molar-refractivity contribution in [3.8, 4) is 6.19 Å². The highest BCUT2D eigenvalue weighted by Crippen LogP contribution is 2.23. The molecule has 23 heavy (non-hydrogen) atoms. The van der Waals surface area contributed by atoms with Crippen LogP contribution in [0.3, 0.4) is 0 Å². The Balaban J connectivity index is 2.27. The molecular weight excluding hydrogens is 334 g/mol. The summed E-state index contributed by atoms with van der Waals surface area (Å²) >= 11 is 1.28. The average Bonchev–Trinajstić information content (AvgIpc) is 2.55. The van der Waals surface area contributed by atoms with Gasteiger partial charge in [-0.05, 0) is 31.5 Å². The van der Waals surface area contributed by atoms with E-state index in [4.69, 9.17) is 5.26 Å². The molecular formula is C14H19N5O2S2. The van der Waals surface area contributed by atoms with Crippen LogP contribution in [0.2, 0.25) is 0 Å². The lowest BCUT2D eigenvalue weighted by Gasteiger charge is -2.31. The zero-order valence-electron chi connectivity index (χ0n) is 13.1. The molecule has 0 radical (unpaired) electrons. The molecule has 0 atom stereocenters. The number of hydrogen-bond acceptors (Lipinski definition) is 6. The molecule has 9 heteroatoms. The van der Waals surface area contributed by atoms with Crippen molar-refractivity contribution in [2.45, 2.75) is 4.90 Å². The predicted octanol–water partition coefficient (Wildman–Crippen LogP) is 1.04. The van der Waals surface area contributed by atoms with Crippen LogP contribution in [0.1, 0.15) is 0 Å². The van der Waals surface area contributed by atoms with Gasteiger partial charge in [-0.2, -0.15) is 9.57 Å². The second-order valence-electron chi connectivity index (χ2n) is 5.06. The van der Waals surface area contributed by atoms with E-state index in [0.29, 0.717) is 23.9 Å². The lowest BCUT2D eigenvalue weighted by atomic mass is 10.3. The molecule has 0 unspecified atom stereocenters. The number of aliphatic imine (C=N–C) groups is 1. The Morgan fingerprint density at radius 1 is 1.35 bits per heavy atom. The summed E-state index contributed by atoms with van der Waals surface area (Å²) in [4.78, 5) is 6.58. The molecule has 2 rings (SSSR count). The third kappa shape index (κ3) is 4.45. The maximum Gasteiger partial charge on any atom is 0.243 e. The molecule has 1 fully saturated rings. The van der Waals surface area contributed by atoms with Gasteiger partial charge in [-0.15, -0.1) is 0 Å². The van der Waals surface area contributed by atoms with Gasteiger partial charge < -0.3 is 4.90 Å². The van der Waals surface area contributed by atoms with Crippen molar-refractivity contribution in [3.05, 3.63) is 24.3 Å². The fourth-order valence-electron chi connectivity index (χ4n) is 2.18. The SMILES string of the molecule is CSC(=Nc1cccc(S(=O)(=O)N2CCN(C)CC2)c1)NC#N. The van der Waals surface area contributed by atoms with Gasteiger partial charge in [0.15, 0.2) is 11.4 Å². The Morgan fingerprint density at radius 3 is 2.65 bits per heavy atom. The number of likely N-dealkylation sites (N-methyl/N-ethyl adjacent to an activating group) is 1. The molecule has 1 heterocycles. The highest BCUT2D eigenvalue weighted by molar-refractivity contribution is 8.13. The van der Waals surface area contributed by atoms with Crippen molar-refractivity contribution in [1.29, 1.82) is 5.26 Å². The van der Waals surface area contributed by atoms with Crippen LogP contribution < -0.4 is 5.32 Å². The molecule has 1 aliphatic rings. The first-order chi connectivity index (χ1) is 11.0. The Morgan fingerprint density at radius 2 is 2.04 bits per heavy atom. The van der Waals surface area contributed by atoms with Gasteiger partial charge in [-0.1, -0.05) is 17.8 Å². The van der Waals surface area contributed by atoms with Crippen LogP contribution in [-0.4, -0.2) is 62.3 Å². The molecule has 1 saturated heterocycles. The minimum absolute atomic E-state index is 0.223. The van der Waals surface area contributed by atoms with E-state index in [1.165, 1.54) is 22.1 Å².